The number of hydrogen-bond acceptors (Lipinski definition) is 6. The average molecular weight is 476 g/mol. The largest absolute Gasteiger partial charge is 0.454 e. The highest BCUT2D eigenvalue weighted by Crippen LogP contribution is 2.36. The smallest absolute Gasteiger partial charge is 0.255 e. The first-order chi connectivity index (χ1) is 17.0. The maximum Gasteiger partial charge on any atom is 0.255 e. The van der Waals surface area contributed by atoms with E-state index in [4.69, 9.17) is 9.47 Å². The zero-order chi connectivity index (χ0) is 23.9. The molecule has 1 fully saturated rings. The van der Waals surface area contributed by atoms with Gasteiger partial charge in [0.15, 0.2) is 11.5 Å². The van der Waals surface area contributed by atoms with Crippen LogP contribution >= 0.6 is 0 Å². The number of nitrogens with zero attached hydrogens (tertiary/aromatic N) is 5. The topological polar surface area (TPSA) is 74.4 Å². The van der Waals surface area contributed by atoms with Gasteiger partial charge in [-0.2, -0.15) is 0 Å². The number of halogens is 1. The standard InChI is InChI=1S/C26H26FN5O3/c1-30-15-28-29-25(30)18-5-3-7-31(13-18)14-20-9-19-10-23-24(35-16-34-23)11-22(19)32(26(20)33)12-17-4-2-6-21(27)8-17/h2,4,6,8-11,15,18H,3,5,7,12-14,16H2,1H3/t18-/m0/s1. The number of ether oxygens (including phenoxy) is 2. The Kier molecular flexibility index (Phi) is 5.49. The van der Waals surface area contributed by atoms with Gasteiger partial charge in [0.2, 0.25) is 6.79 Å². The zero-order valence-electron chi connectivity index (χ0n) is 19.5. The molecule has 1 saturated heterocycles. The molecule has 9 heteroatoms. The van der Waals surface area contributed by atoms with Crippen LogP contribution in [0.2, 0.25) is 0 Å². The third-order valence-electron chi connectivity index (χ3n) is 6.90. The fourth-order valence-electron chi connectivity index (χ4n) is 5.23. The van der Waals surface area contributed by atoms with E-state index in [9.17, 15) is 9.18 Å². The summed E-state index contributed by atoms with van der Waals surface area (Å²) in [7, 11) is 1.97. The van der Waals surface area contributed by atoms with Crippen LogP contribution in [0.4, 0.5) is 4.39 Å². The Balaban J connectivity index is 1.38. The first-order valence-corrected chi connectivity index (χ1v) is 11.8. The van der Waals surface area contributed by atoms with Gasteiger partial charge in [-0.3, -0.25) is 9.69 Å². The molecule has 0 N–H and O–H groups in total. The highest BCUT2D eigenvalue weighted by atomic mass is 19.1. The van der Waals surface area contributed by atoms with E-state index < -0.39 is 0 Å². The van der Waals surface area contributed by atoms with Gasteiger partial charge in [-0.1, -0.05) is 12.1 Å². The number of aromatic nitrogens is 4. The lowest BCUT2D eigenvalue weighted by Gasteiger charge is -2.32. The lowest BCUT2D eigenvalue weighted by atomic mass is 9.96. The van der Waals surface area contributed by atoms with E-state index >= 15 is 0 Å². The molecule has 0 bridgehead atoms. The van der Waals surface area contributed by atoms with Crippen molar-refractivity contribution in [2.45, 2.75) is 31.8 Å². The lowest BCUT2D eigenvalue weighted by Crippen LogP contribution is -2.37. The quantitative estimate of drug-likeness (QED) is 0.440. The summed E-state index contributed by atoms with van der Waals surface area (Å²) in [6, 6.07) is 12.1. The molecule has 2 aromatic carbocycles. The van der Waals surface area contributed by atoms with Gasteiger partial charge in [0, 0.05) is 43.1 Å². The summed E-state index contributed by atoms with van der Waals surface area (Å²) in [5.41, 5.74) is 2.08. The Morgan fingerprint density at radius 3 is 2.77 bits per heavy atom. The van der Waals surface area contributed by atoms with Crippen LogP contribution in [0.25, 0.3) is 10.9 Å². The van der Waals surface area contributed by atoms with E-state index in [0.29, 0.717) is 23.6 Å². The Hall–Kier alpha value is -3.72. The summed E-state index contributed by atoms with van der Waals surface area (Å²) in [6.07, 6.45) is 3.81. The molecule has 0 aliphatic carbocycles. The van der Waals surface area contributed by atoms with Gasteiger partial charge >= 0.3 is 0 Å². The second kappa shape index (κ2) is 8.81. The molecule has 0 amide bonds. The van der Waals surface area contributed by atoms with Gasteiger partial charge in [-0.15, -0.1) is 10.2 Å². The van der Waals surface area contributed by atoms with Crippen molar-refractivity contribution < 1.29 is 13.9 Å². The van der Waals surface area contributed by atoms with Crippen molar-refractivity contribution in [3.63, 3.8) is 0 Å². The fourth-order valence-corrected chi connectivity index (χ4v) is 5.23. The van der Waals surface area contributed by atoms with Crippen LogP contribution in [0, 0.1) is 5.82 Å². The summed E-state index contributed by atoms with van der Waals surface area (Å²) in [4.78, 5) is 16.1. The van der Waals surface area contributed by atoms with E-state index in [1.807, 2.05) is 35.9 Å². The molecule has 2 aromatic heterocycles. The molecule has 0 radical (unpaired) electrons. The highest BCUT2D eigenvalue weighted by Gasteiger charge is 2.26. The van der Waals surface area contributed by atoms with Gasteiger partial charge < -0.3 is 18.6 Å². The lowest BCUT2D eigenvalue weighted by molar-refractivity contribution is 0.174. The normalized spacial score (nSPS) is 17.8. The van der Waals surface area contributed by atoms with Gasteiger partial charge in [-0.05, 0) is 49.2 Å². The molecule has 35 heavy (non-hydrogen) atoms. The van der Waals surface area contributed by atoms with Crippen molar-refractivity contribution >= 4 is 10.9 Å². The third-order valence-corrected chi connectivity index (χ3v) is 6.90. The maximum atomic E-state index is 13.9. The van der Waals surface area contributed by atoms with E-state index in [1.54, 1.807) is 17.0 Å². The minimum atomic E-state index is -0.322. The fraction of sp³-hybridized carbons (Fsp3) is 0.346. The van der Waals surface area contributed by atoms with Gasteiger partial charge in [0.25, 0.3) is 5.56 Å². The van der Waals surface area contributed by atoms with Crippen molar-refractivity contribution in [1.82, 2.24) is 24.2 Å². The predicted octanol–water partition coefficient (Wildman–Crippen LogP) is 3.43. The number of aryl methyl sites for hydroxylation is 1. The third kappa shape index (κ3) is 4.16. The van der Waals surface area contributed by atoms with Crippen LogP contribution < -0.4 is 15.0 Å². The molecule has 2 aliphatic rings. The SMILES string of the molecule is Cn1cnnc1[C@H]1CCCN(Cc2cc3cc4c(cc3n(Cc3cccc(F)c3)c2=O)OCO4)C1. The van der Waals surface area contributed by atoms with Crippen molar-refractivity contribution in [2.24, 2.45) is 7.05 Å². The molecule has 6 rings (SSSR count). The highest BCUT2D eigenvalue weighted by molar-refractivity contribution is 5.84. The summed E-state index contributed by atoms with van der Waals surface area (Å²) in [5, 5.41) is 9.23. The molecule has 0 saturated carbocycles. The van der Waals surface area contributed by atoms with Crippen LogP contribution in [0.3, 0.4) is 0 Å². The predicted molar refractivity (Wildman–Crippen MR) is 128 cm³/mol. The van der Waals surface area contributed by atoms with Crippen LogP contribution in [0.15, 0.2) is 53.6 Å². The number of fused-ring (bicyclic) bond motifs is 2. The number of likely N-dealkylation sites (tertiary alicyclic amines) is 1. The minimum Gasteiger partial charge on any atom is -0.454 e. The number of rotatable bonds is 5. The molecule has 0 unspecified atom stereocenters. The van der Waals surface area contributed by atoms with Crippen LogP contribution in [0.1, 0.15) is 35.7 Å². The van der Waals surface area contributed by atoms with Gasteiger partial charge in [0.1, 0.15) is 18.0 Å². The summed E-state index contributed by atoms with van der Waals surface area (Å²) >= 11 is 0. The van der Waals surface area contributed by atoms with Crippen LogP contribution in [-0.4, -0.2) is 44.1 Å². The van der Waals surface area contributed by atoms with E-state index in [2.05, 4.69) is 15.1 Å². The Labute approximate surface area is 201 Å². The molecule has 0 spiro atoms. The van der Waals surface area contributed by atoms with E-state index in [-0.39, 0.29) is 30.6 Å². The van der Waals surface area contributed by atoms with Crippen LogP contribution in [-0.2, 0) is 20.1 Å². The first kappa shape index (κ1) is 21.8. The van der Waals surface area contributed by atoms with E-state index in [0.717, 1.165) is 48.2 Å². The van der Waals surface area contributed by atoms with Crippen molar-refractivity contribution in [2.75, 3.05) is 19.9 Å². The van der Waals surface area contributed by atoms with Crippen LogP contribution in [0.5, 0.6) is 11.5 Å². The molecule has 8 nitrogen and oxygen atoms in total. The van der Waals surface area contributed by atoms with E-state index in [1.165, 1.54) is 12.1 Å². The monoisotopic (exact) mass is 475 g/mol. The van der Waals surface area contributed by atoms with Gasteiger partial charge in [0.05, 0.1) is 12.1 Å². The molecular weight excluding hydrogens is 449 g/mol. The number of pyridine rings is 1. The molecule has 2 aliphatic heterocycles. The Morgan fingerprint density at radius 2 is 1.97 bits per heavy atom. The molecule has 180 valence electrons. The second-order valence-corrected chi connectivity index (χ2v) is 9.33. The summed E-state index contributed by atoms with van der Waals surface area (Å²) in [6.45, 7) is 2.68. The van der Waals surface area contributed by atoms with Gasteiger partial charge in [-0.25, -0.2) is 4.39 Å². The Morgan fingerprint density at radius 1 is 1.11 bits per heavy atom. The number of hydrogen-bond donors (Lipinski definition) is 0. The molecule has 4 heterocycles. The molecular formula is C26H26FN5O3. The summed E-state index contributed by atoms with van der Waals surface area (Å²) in [5.74, 6) is 2.21. The molecule has 4 aromatic rings. The number of benzene rings is 2. The van der Waals surface area contributed by atoms with Crippen molar-refractivity contribution in [3.05, 3.63) is 81.9 Å². The van der Waals surface area contributed by atoms with Crippen molar-refractivity contribution in [1.29, 1.82) is 0 Å². The minimum absolute atomic E-state index is 0.0820. The average Bonchev–Trinajstić information content (AvgIpc) is 3.49. The van der Waals surface area contributed by atoms with Crippen molar-refractivity contribution in [3.8, 4) is 11.5 Å². The first-order valence-electron chi connectivity index (χ1n) is 11.8. The number of piperidine rings is 1. The summed E-state index contributed by atoms with van der Waals surface area (Å²) < 4.78 is 28.7. The second-order valence-electron chi connectivity index (χ2n) is 9.33. The molecule has 1 atom stereocenters. The zero-order valence-corrected chi connectivity index (χ0v) is 19.5. The Bertz CT molecular complexity index is 1460. The maximum absolute atomic E-state index is 13.9.